The molecule has 0 atom stereocenters. The van der Waals surface area contributed by atoms with Crippen molar-refractivity contribution >= 4 is 23.3 Å². The fraction of sp³-hybridized carbons (Fsp3) is 0.100. The quantitative estimate of drug-likeness (QED) is 0.670. The van der Waals surface area contributed by atoms with Crippen molar-refractivity contribution in [2.45, 2.75) is 0 Å². The topological polar surface area (TPSA) is 22.1 Å². The second-order valence-electron chi connectivity index (χ2n) is 3.38. The number of hydrogen-bond acceptors (Lipinski definition) is 2. The third-order valence-electron chi connectivity index (χ3n) is 2.27. The maximum Gasteiger partial charge on any atom is 1.00 e. The van der Waals surface area contributed by atoms with Crippen LogP contribution >= 0.6 is 0 Å². The van der Waals surface area contributed by atoms with Crippen LogP contribution in [-0.2, 0) is 0 Å². The van der Waals surface area contributed by atoms with Crippen molar-refractivity contribution in [2.75, 3.05) is 7.11 Å². The van der Waals surface area contributed by atoms with Crippen LogP contribution in [0.2, 0.25) is 0 Å². The van der Waals surface area contributed by atoms with Crippen molar-refractivity contribution in [3.63, 3.8) is 0 Å². The molecule has 0 amide bonds. The van der Waals surface area contributed by atoms with Gasteiger partial charge in [-0.25, -0.2) is 4.98 Å². The summed E-state index contributed by atoms with van der Waals surface area (Å²) >= 11 is 0. The van der Waals surface area contributed by atoms with Crippen molar-refractivity contribution in [3.05, 3.63) is 30.3 Å². The van der Waals surface area contributed by atoms with Gasteiger partial charge in [0.05, 0.1) is 12.6 Å². The molecule has 0 spiro atoms. The molecule has 0 unspecified atom stereocenters. The minimum atomic E-state index is -4.96. The van der Waals surface area contributed by atoms with Gasteiger partial charge in [-0.2, -0.15) is 0 Å². The number of benzene rings is 1. The van der Waals surface area contributed by atoms with Crippen molar-refractivity contribution in [3.8, 4) is 5.88 Å². The monoisotopic (exact) mass is 265 g/mol. The summed E-state index contributed by atoms with van der Waals surface area (Å²) in [5.41, 5.74) is -0.123. The molecule has 0 aliphatic carbocycles. The van der Waals surface area contributed by atoms with Gasteiger partial charge in [-0.1, -0.05) is 12.1 Å². The van der Waals surface area contributed by atoms with Gasteiger partial charge >= 0.3 is 58.4 Å². The molecule has 0 radical (unpaired) electrons. The Morgan fingerprint density at radius 1 is 1.12 bits per heavy atom. The van der Waals surface area contributed by atoms with E-state index >= 15 is 0 Å². The van der Waals surface area contributed by atoms with Crippen LogP contribution in [0, 0.1) is 0 Å². The van der Waals surface area contributed by atoms with E-state index in [0.717, 1.165) is 12.1 Å². The number of halogens is 3. The van der Waals surface area contributed by atoms with E-state index in [-0.39, 0.29) is 51.4 Å². The Balaban J connectivity index is 0.00000144. The molecule has 0 bridgehead atoms. The van der Waals surface area contributed by atoms with Crippen LogP contribution < -0.4 is 61.6 Å². The summed E-state index contributed by atoms with van der Waals surface area (Å²) in [6, 6.07) is 6.58. The zero-order chi connectivity index (χ0) is 11.8. The van der Waals surface area contributed by atoms with Crippen molar-refractivity contribution in [1.29, 1.82) is 0 Å². The number of methoxy groups -OCH3 is 1. The SMILES string of the molecule is COc1ccc2cc([B-](F)(F)F)ccc2n1.[K+]. The Hall–Kier alpha value is -0.0787. The molecule has 0 fully saturated rings. The fourth-order valence-corrected chi connectivity index (χ4v) is 1.44. The van der Waals surface area contributed by atoms with Gasteiger partial charge in [0.2, 0.25) is 5.88 Å². The molecule has 0 aliphatic heterocycles. The van der Waals surface area contributed by atoms with E-state index in [1.807, 2.05) is 0 Å². The Morgan fingerprint density at radius 3 is 2.41 bits per heavy atom. The Bertz CT molecular complexity index is 532. The van der Waals surface area contributed by atoms with E-state index in [0.29, 0.717) is 16.8 Å². The van der Waals surface area contributed by atoms with Gasteiger partial charge in [-0.15, -0.1) is 5.46 Å². The molecule has 1 aromatic heterocycles. The molecular weight excluding hydrogens is 257 g/mol. The van der Waals surface area contributed by atoms with Gasteiger partial charge in [-0.3, -0.25) is 0 Å². The Morgan fingerprint density at radius 2 is 1.82 bits per heavy atom. The Kier molecular flexibility index (Phi) is 5.03. The summed E-state index contributed by atoms with van der Waals surface area (Å²) < 4.78 is 42.3. The molecular formula is C10H8BF3KNO. The average Bonchev–Trinajstić information content (AvgIpc) is 2.26. The molecule has 2 nitrogen and oxygen atoms in total. The molecule has 1 heterocycles. The molecule has 0 N–H and O–H groups in total. The first-order valence-corrected chi connectivity index (χ1v) is 4.65. The average molecular weight is 265 g/mol. The van der Waals surface area contributed by atoms with E-state index < -0.39 is 12.4 Å². The normalized spacial score (nSPS) is 11.1. The second-order valence-corrected chi connectivity index (χ2v) is 3.38. The predicted molar refractivity (Wildman–Crippen MR) is 57.0 cm³/mol. The molecule has 2 rings (SSSR count). The summed E-state index contributed by atoms with van der Waals surface area (Å²) in [4.78, 5) is 4.03. The fourth-order valence-electron chi connectivity index (χ4n) is 1.44. The zero-order valence-corrected chi connectivity index (χ0v) is 12.6. The van der Waals surface area contributed by atoms with Crippen LogP contribution in [0.15, 0.2) is 30.3 Å². The predicted octanol–water partition coefficient (Wildman–Crippen LogP) is -0.698. The molecule has 0 saturated carbocycles. The van der Waals surface area contributed by atoms with Gasteiger partial charge in [-0.05, 0) is 17.5 Å². The number of hydrogen-bond donors (Lipinski definition) is 0. The zero-order valence-electron chi connectivity index (χ0n) is 9.45. The van der Waals surface area contributed by atoms with Crippen molar-refractivity contribution < 1.29 is 69.1 Å². The maximum atomic E-state index is 12.5. The maximum absolute atomic E-state index is 12.5. The van der Waals surface area contributed by atoms with E-state index in [4.69, 9.17) is 4.74 Å². The third kappa shape index (κ3) is 3.45. The number of pyridine rings is 1. The van der Waals surface area contributed by atoms with Crippen molar-refractivity contribution in [1.82, 2.24) is 4.98 Å². The summed E-state index contributed by atoms with van der Waals surface area (Å²) in [5.74, 6) is 0.387. The number of aromatic nitrogens is 1. The molecule has 0 saturated heterocycles. The van der Waals surface area contributed by atoms with Gasteiger partial charge in [0, 0.05) is 6.07 Å². The van der Waals surface area contributed by atoms with Crippen LogP contribution in [0.25, 0.3) is 10.9 Å². The number of nitrogens with zero attached hydrogens (tertiary/aromatic N) is 1. The molecule has 2 aromatic rings. The van der Waals surface area contributed by atoms with Crippen LogP contribution in [0.3, 0.4) is 0 Å². The van der Waals surface area contributed by atoms with Gasteiger partial charge in [0.1, 0.15) is 0 Å². The molecule has 7 heteroatoms. The smallest absolute Gasteiger partial charge is 0.481 e. The standard InChI is InChI=1S/C10H8BF3NO.K/c1-16-10-5-2-7-6-8(11(12,13)14)3-4-9(7)15-10;/h2-6H,1H3;/q-1;+1. The molecule has 84 valence electrons. The molecule has 0 aliphatic rings. The van der Waals surface area contributed by atoms with Gasteiger partial charge in [0.25, 0.3) is 0 Å². The summed E-state index contributed by atoms with van der Waals surface area (Å²) in [6.45, 7) is -4.96. The van der Waals surface area contributed by atoms with E-state index in [9.17, 15) is 12.9 Å². The number of rotatable bonds is 2. The largest absolute Gasteiger partial charge is 1.00 e. The summed E-state index contributed by atoms with van der Waals surface area (Å²) in [7, 11) is 1.46. The van der Waals surface area contributed by atoms with Crippen LogP contribution in [0.4, 0.5) is 12.9 Å². The van der Waals surface area contributed by atoms with Gasteiger partial charge < -0.3 is 17.7 Å². The summed E-state index contributed by atoms with van der Waals surface area (Å²) in [6.07, 6.45) is 0. The second kappa shape index (κ2) is 5.71. The van der Waals surface area contributed by atoms with Crippen molar-refractivity contribution in [2.24, 2.45) is 0 Å². The molecule has 17 heavy (non-hydrogen) atoms. The van der Waals surface area contributed by atoms with Gasteiger partial charge in [0.15, 0.2) is 0 Å². The number of ether oxygens (including phenoxy) is 1. The van der Waals surface area contributed by atoms with E-state index in [2.05, 4.69) is 4.98 Å². The first kappa shape index (κ1) is 15.0. The minimum Gasteiger partial charge on any atom is -0.481 e. The first-order chi connectivity index (χ1) is 7.50. The minimum absolute atomic E-state index is 0. The van der Waals surface area contributed by atoms with Crippen LogP contribution in [-0.4, -0.2) is 19.1 Å². The van der Waals surface area contributed by atoms with E-state index in [1.54, 1.807) is 6.07 Å². The summed E-state index contributed by atoms with van der Waals surface area (Å²) in [5, 5.41) is 0.456. The number of fused-ring (bicyclic) bond motifs is 1. The van der Waals surface area contributed by atoms with Crippen LogP contribution in [0.1, 0.15) is 0 Å². The van der Waals surface area contributed by atoms with Crippen LogP contribution in [0.5, 0.6) is 5.88 Å². The van der Waals surface area contributed by atoms with E-state index in [1.165, 1.54) is 19.2 Å². The first-order valence-electron chi connectivity index (χ1n) is 4.65. The third-order valence-corrected chi connectivity index (χ3v) is 2.27. The molecule has 1 aromatic carbocycles. The Labute approximate surface area is 139 Å².